The van der Waals surface area contributed by atoms with Gasteiger partial charge in [0, 0.05) is 6.92 Å². The van der Waals surface area contributed by atoms with E-state index in [9.17, 15) is 9.59 Å². The number of hydrogen-bond acceptors (Lipinski definition) is 2. The molecule has 0 fully saturated rings. The summed E-state index contributed by atoms with van der Waals surface area (Å²) in [6.07, 6.45) is 0. The maximum atomic E-state index is 11.1. The molecule has 1 aromatic carbocycles. The number of carbonyl (C=O) groups excluding carboxylic acids is 1. The van der Waals surface area contributed by atoms with Crippen LogP contribution in [-0.4, -0.2) is 15.9 Å². The molecule has 1 aromatic heterocycles. The highest BCUT2D eigenvalue weighted by Crippen LogP contribution is 2.16. The molecule has 2 aromatic rings. The standard InChI is InChI=1S/C11H13N3O2/c1-6(12-7(2)15)8-3-4-9-10(5-8)14-11(16)13-9/h3-6H,1-2H3,(H,12,15)(H2,13,14,16). The van der Waals surface area contributed by atoms with Gasteiger partial charge < -0.3 is 15.3 Å². The Morgan fingerprint density at radius 2 is 2.00 bits per heavy atom. The summed E-state index contributed by atoms with van der Waals surface area (Å²) < 4.78 is 0. The largest absolute Gasteiger partial charge is 0.350 e. The van der Waals surface area contributed by atoms with Gasteiger partial charge in [-0.15, -0.1) is 0 Å². The zero-order valence-corrected chi connectivity index (χ0v) is 9.13. The topological polar surface area (TPSA) is 77.8 Å². The summed E-state index contributed by atoms with van der Waals surface area (Å²) in [6, 6.07) is 5.49. The minimum atomic E-state index is -0.223. The minimum absolute atomic E-state index is 0.0692. The van der Waals surface area contributed by atoms with Gasteiger partial charge >= 0.3 is 5.69 Å². The lowest BCUT2D eigenvalue weighted by Gasteiger charge is -2.12. The summed E-state index contributed by atoms with van der Waals surface area (Å²) in [7, 11) is 0. The normalized spacial score (nSPS) is 12.6. The van der Waals surface area contributed by atoms with Crippen LogP contribution in [0.15, 0.2) is 23.0 Å². The van der Waals surface area contributed by atoms with Gasteiger partial charge in [-0.2, -0.15) is 0 Å². The molecule has 0 aliphatic carbocycles. The van der Waals surface area contributed by atoms with E-state index in [1.165, 1.54) is 6.92 Å². The van der Waals surface area contributed by atoms with Crippen LogP contribution < -0.4 is 11.0 Å². The number of aromatic amines is 2. The molecular formula is C11H13N3O2. The maximum Gasteiger partial charge on any atom is 0.323 e. The Morgan fingerprint density at radius 1 is 1.31 bits per heavy atom. The van der Waals surface area contributed by atoms with Crippen molar-refractivity contribution >= 4 is 16.9 Å². The van der Waals surface area contributed by atoms with Crippen molar-refractivity contribution in [3.63, 3.8) is 0 Å². The van der Waals surface area contributed by atoms with Crippen LogP contribution in [0, 0.1) is 0 Å². The first-order valence-corrected chi connectivity index (χ1v) is 5.05. The van der Waals surface area contributed by atoms with Crippen LogP contribution in [-0.2, 0) is 4.79 Å². The highest BCUT2D eigenvalue weighted by molar-refractivity contribution is 5.76. The monoisotopic (exact) mass is 219 g/mol. The number of imidazole rings is 1. The second kappa shape index (κ2) is 3.84. The molecule has 1 unspecified atom stereocenters. The number of hydrogen-bond donors (Lipinski definition) is 3. The molecule has 0 saturated carbocycles. The summed E-state index contributed by atoms with van der Waals surface area (Å²) in [5.74, 6) is -0.0739. The van der Waals surface area contributed by atoms with Gasteiger partial charge in [0.05, 0.1) is 17.1 Å². The fourth-order valence-corrected chi connectivity index (χ4v) is 1.71. The van der Waals surface area contributed by atoms with E-state index in [4.69, 9.17) is 0 Å². The van der Waals surface area contributed by atoms with E-state index < -0.39 is 0 Å². The fourth-order valence-electron chi connectivity index (χ4n) is 1.71. The summed E-state index contributed by atoms with van der Waals surface area (Å²) in [5, 5.41) is 2.79. The SMILES string of the molecule is CC(=O)NC(C)c1ccc2[nH]c(=O)[nH]c2c1. The van der Waals surface area contributed by atoms with Gasteiger partial charge in [0.2, 0.25) is 5.91 Å². The second-order valence-electron chi connectivity index (χ2n) is 3.81. The Labute approximate surface area is 91.9 Å². The van der Waals surface area contributed by atoms with Crippen LogP contribution in [0.25, 0.3) is 11.0 Å². The van der Waals surface area contributed by atoms with Gasteiger partial charge in [0.15, 0.2) is 0 Å². The molecule has 0 saturated heterocycles. The lowest BCUT2D eigenvalue weighted by Crippen LogP contribution is -2.23. The Kier molecular flexibility index (Phi) is 2.52. The molecule has 0 spiro atoms. The lowest BCUT2D eigenvalue weighted by molar-refractivity contribution is -0.119. The van der Waals surface area contributed by atoms with Crippen molar-refractivity contribution in [1.29, 1.82) is 0 Å². The molecule has 0 aliphatic heterocycles. The highest BCUT2D eigenvalue weighted by Gasteiger charge is 2.07. The molecule has 0 bridgehead atoms. The average molecular weight is 219 g/mol. The molecule has 2 rings (SSSR count). The van der Waals surface area contributed by atoms with Crippen molar-refractivity contribution in [2.75, 3.05) is 0 Å². The first-order valence-electron chi connectivity index (χ1n) is 5.05. The zero-order chi connectivity index (χ0) is 11.7. The molecule has 1 atom stereocenters. The number of nitrogens with one attached hydrogen (secondary N) is 3. The van der Waals surface area contributed by atoms with E-state index in [0.29, 0.717) is 0 Å². The van der Waals surface area contributed by atoms with Gasteiger partial charge in [0.1, 0.15) is 0 Å². The van der Waals surface area contributed by atoms with Crippen molar-refractivity contribution in [2.24, 2.45) is 0 Å². The van der Waals surface area contributed by atoms with Gasteiger partial charge in [-0.05, 0) is 24.6 Å². The quantitative estimate of drug-likeness (QED) is 0.706. The predicted molar refractivity (Wildman–Crippen MR) is 61.2 cm³/mol. The minimum Gasteiger partial charge on any atom is -0.350 e. The third kappa shape index (κ3) is 1.98. The number of aromatic nitrogens is 2. The molecule has 0 radical (unpaired) electrons. The summed E-state index contributed by atoms with van der Waals surface area (Å²) in [4.78, 5) is 27.3. The van der Waals surface area contributed by atoms with E-state index in [1.54, 1.807) is 0 Å². The summed E-state index contributed by atoms with van der Waals surface area (Å²) in [6.45, 7) is 3.38. The molecule has 1 heterocycles. The number of H-pyrrole nitrogens is 2. The summed E-state index contributed by atoms with van der Waals surface area (Å²) in [5.41, 5.74) is 2.25. The van der Waals surface area contributed by atoms with Crippen molar-refractivity contribution < 1.29 is 4.79 Å². The molecule has 0 aliphatic rings. The van der Waals surface area contributed by atoms with Gasteiger partial charge in [-0.3, -0.25) is 4.79 Å². The second-order valence-corrected chi connectivity index (χ2v) is 3.81. The van der Waals surface area contributed by atoms with Crippen LogP contribution in [0.4, 0.5) is 0 Å². The smallest absolute Gasteiger partial charge is 0.323 e. The van der Waals surface area contributed by atoms with Crippen LogP contribution in [0.5, 0.6) is 0 Å². The third-order valence-corrected chi connectivity index (χ3v) is 2.46. The van der Waals surface area contributed by atoms with Crippen molar-refractivity contribution in [1.82, 2.24) is 15.3 Å². The molecular weight excluding hydrogens is 206 g/mol. The van der Waals surface area contributed by atoms with E-state index in [1.807, 2.05) is 25.1 Å². The van der Waals surface area contributed by atoms with Crippen LogP contribution >= 0.6 is 0 Å². The Hall–Kier alpha value is -2.04. The maximum absolute atomic E-state index is 11.1. The van der Waals surface area contributed by atoms with Crippen molar-refractivity contribution in [3.05, 3.63) is 34.2 Å². The lowest BCUT2D eigenvalue weighted by atomic mass is 10.1. The first-order chi connectivity index (χ1) is 7.56. The Morgan fingerprint density at radius 3 is 2.69 bits per heavy atom. The van der Waals surface area contributed by atoms with Crippen LogP contribution in [0.3, 0.4) is 0 Å². The van der Waals surface area contributed by atoms with E-state index >= 15 is 0 Å². The molecule has 16 heavy (non-hydrogen) atoms. The van der Waals surface area contributed by atoms with Gasteiger partial charge in [-0.25, -0.2) is 4.79 Å². The Balaban J connectivity index is 2.38. The summed E-state index contributed by atoms with van der Waals surface area (Å²) >= 11 is 0. The molecule has 84 valence electrons. The van der Waals surface area contributed by atoms with Gasteiger partial charge in [0.25, 0.3) is 0 Å². The number of fused-ring (bicyclic) bond motifs is 1. The van der Waals surface area contributed by atoms with Crippen LogP contribution in [0.2, 0.25) is 0 Å². The van der Waals surface area contributed by atoms with Crippen molar-refractivity contribution in [2.45, 2.75) is 19.9 Å². The number of carbonyl (C=O) groups is 1. The molecule has 1 amide bonds. The van der Waals surface area contributed by atoms with Crippen LogP contribution in [0.1, 0.15) is 25.5 Å². The third-order valence-electron chi connectivity index (χ3n) is 2.46. The molecule has 5 heteroatoms. The first kappa shape index (κ1) is 10.5. The molecule has 5 nitrogen and oxygen atoms in total. The average Bonchev–Trinajstić information content (AvgIpc) is 2.55. The van der Waals surface area contributed by atoms with E-state index in [2.05, 4.69) is 15.3 Å². The molecule has 3 N–H and O–H groups in total. The predicted octanol–water partition coefficient (Wildman–Crippen LogP) is 1.05. The van der Waals surface area contributed by atoms with E-state index in [0.717, 1.165) is 16.6 Å². The fraction of sp³-hybridized carbons (Fsp3) is 0.273. The van der Waals surface area contributed by atoms with E-state index in [-0.39, 0.29) is 17.6 Å². The number of benzene rings is 1. The number of rotatable bonds is 2. The van der Waals surface area contributed by atoms with Crippen molar-refractivity contribution in [3.8, 4) is 0 Å². The number of amides is 1. The van der Waals surface area contributed by atoms with Gasteiger partial charge in [-0.1, -0.05) is 6.07 Å². The zero-order valence-electron chi connectivity index (χ0n) is 9.13. The highest BCUT2D eigenvalue weighted by atomic mass is 16.1. The Bertz CT molecular complexity index is 582.